The zero-order valence-electron chi connectivity index (χ0n) is 20.3. The lowest BCUT2D eigenvalue weighted by atomic mass is 9.90. The van der Waals surface area contributed by atoms with Crippen molar-refractivity contribution in [2.45, 2.75) is 51.9 Å². The average Bonchev–Trinajstić information content (AvgIpc) is 3.23. The second-order valence-electron chi connectivity index (χ2n) is 9.06. The van der Waals surface area contributed by atoms with E-state index in [0.717, 1.165) is 5.56 Å². The molecule has 4 heterocycles. The molecule has 1 N–H and O–H groups in total. The summed E-state index contributed by atoms with van der Waals surface area (Å²) in [6.07, 6.45) is -0.393. The Morgan fingerprint density at radius 2 is 2.11 bits per heavy atom. The molecule has 37 heavy (non-hydrogen) atoms. The van der Waals surface area contributed by atoms with Crippen molar-refractivity contribution in [3.63, 3.8) is 0 Å². The van der Waals surface area contributed by atoms with E-state index in [1.54, 1.807) is 17.6 Å². The van der Waals surface area contributed by atoms with Gasteiger partial charge in [-0.3, -0.25) is 19.7 Å². The van der Waals surface area contributed by atoms with Gasteiger partial charge in [-0.1, -0.05) is 20.4 Å². The standard InChI is InChI=1S/C27H24FN3O6/c1-4-16-17-8-22-24-15(10-31(22)25(33)18(17)12-36-26(16)34)6-14-7-21(19(28)9-20(14)29-24)30-27(35)37-23(5-2)13(3)11-32/h6-9,11,16,23H,3-5,10,12H2,1-2H3,(H,30,35). The first-order chi connectivity index (χ1) is 17.7. The summed E-state index contributed by atoms with van der Waals surface area (Å²) in [4.78, 5) is 53.4. The molecule has 0 saturated carbocycles. The number of aromatic nitrogens is 2. The second-order valence-corrected chi connectivity index (χ2v) is 9.06. The minimum atomic E-state index is -0.922. The fourth-order valence-electron chi connectivity index (χ4n) is 4.89. The lowest BCUT2D eigenvalue weighted by molar-refractivity contribution is -0.148. The number of carbonyl (C=O) groups excluding carboxylic acids is 3. The van der Waals surface area contributed by atoms with Gasteiger partial charge in [0.25, 0.3) is 5.56 Å². The number of esters is 1. The molecule has 1 amide bonds. The van der Waals surface area contributed by atoms with Gasteiger partial charge in [0.05, 0.1) is 40.6 Å². The average molecular weight is 506 g/mol. The zero-order valence-corrected chi connectivity index (χ0v) is 20.3. The summed E-state index contributed by atoms with van der Waals surface area (Å²) in [5.41, 5.74) is 3.06. The quantitative estimate of drug-likeness (QED) is 0.237. The minimum Gasteiger partial charge on any atom is -0.460 e. The van der Waals surface area contributed by atoms with Crippen molar-refractivity contribution in [3.8, 4) is 11.4 Å². The number of anilines is 1. The predicted molar refractivity (Wildman–Crippen MR) is 133 cm³/mol. The minimum absolute atomic E-state index is 0.0645. The highest BCUT2D eigenvalue weighted by molar-refractivity contribution is 5.92. The third-order valence-electron chi connectivity index (χ3n) is 6.84. The molecule has 1 aromatic carbocycles. The van der Waals surface area contributed by atoms with Gasteiger partial charge in [0.15, 0.2) is 0 Å². The van der Waals surface area contributed by atoms with Crippen LogP contribution in [0.5, 0.6) is 0 Å². The van der Waals surface area contributed by atoms with Gasteiger partial charge < -0.3 is 14.0 Å². The molecule has 0 radical (unpaired) electrons. The van der Waals surface area contributed by atoms with E-state index < -0.39 is 23.9 Å². The van der Waals surface area contributed by atoms with Gasteiger partial charge in [0, 0.05) is 22.6 Å². The Kier molecular flexibility index (Phi) is 6.10. The van der Waals surface area contributed by atoms with Crippen molar-refractivity contribution in [2.75, 3.05) is 5.32 Å². The lowest BCUT2D eigenvalue weighted by Crippen LogP contribution is -2.32. The first-order valence-corrected chi connectivity index (χ1v) is 11.9. The number of benzene rings is 1. The van der Waals surface area contributed by atoms with Crippen molar-refractivity contribution < 1.29 is 28.2 Å². The summed E-state index contributed by atoms with van der Waals surface area (Å²) in [5, 5.41) is 2.92. The van der Waals surface area contributed by atoms with Crippen molar-refractivity contribution in [3.05, 3.63) is 69.3 Å². The SMILES string of the molecule is C=C(C=O)C(CC)OC(=O)Nc1cc2cc3c(nc2cc1F)-c1cc2c(c(=O)n1C3)COC(=O)C2CC. The predicted octanol–water partition coefficient (Wildman–Crippen LogP) is 4.20. The van der Waals surface area contributed by atoms with Gasteiger partial charge in [-0.15, -0.1) is 0 Å². The van der Waals surface area contributed by atoms with E-state index in [1.165, 1.54) is 12.1 Å². The van der Waals surface area contributed by atoms with E-state index in [-0.39, 0.29) is 35.9 Å². The summed E-state index contributed by atoms with van der Waals surface area (Å²) in [5.74, 6) is -1.60. The number of fused-ring (bicyclic) bond motifs is 5. The molecular formula is C27H24FN3O6. The number of hydrogen-bond acceptors (Lipinski definition) is 7. The number of hydrogen-bond donors (Lipinski definition) is 1. The van der Waals surface area contributed by atoms with Crippen LogP contribution in [0.3, 0.4) is 0 Å². The smallest absolute Gasteiger partial charge is 0.412 e. The van der Waals surface area contributed by atoms with Crippen LogP contribution < -0.4 is 10.9 Å². The number of rotatable bonds is 6. The number of carbonyl (C=O) groups is 3. The highest BCUT2D eigenvalue weighted by Crippen LogP contribution is 2.37. The van der Waals surface area contributed by atoms with E-state index in [9.17, 15) is 23.6 Å². The number of cyclic esters (lactones) is 1. The maximum atomic E-state index is 14.9. The molecule has 190 valence electrons. The van der Waals surface area contributed by atoms with E-state index in [0.29, 0.717) is 52.5 Å². The van der Waals surface area contributed by atoms with Crippen molar-refractivity contribution in [1.29, 1.82) is 0 Å². The number of pyridine rings is 2. The van der Waals surface area contributed by atoms with Gasteiger partial charge in [0.1, 0.15) is 24.8 Å². The van der Waals surface area contributed by atoms with Crippen LogP contribution in [0, 0.1) is 5.82 Å². The van der Waals surface area contributed by atoms with Crippen molar-refractivity contribution in [1.82, 2.24) is 9.55 Å². The lowest BCUT2D eigenvalue weighted by Gasteiger charge is -2.24. The van der Waals surface area contributed by atoms with Crippen molar-refractivity contribution >= 4 is 34.9 Å². The summed E-state index contributed by atoms with van der Waals surface area (Å²) >= 11 is 0. The molecule has 0 bridgehead atoms. The monoisotopic (exact) mass is 505 g/mol. The third kappa shape index (κ3) is 4.08. The fraction of sp³-hybridized carbons (Fsp3) is 0.296. The van der Waals surface area contributed by atoms with Crippen LogP contribution in [0.2, 0.25) is 0 Å². The summed E-state index contributed by atoms with van der Waals surface area (Å²) in [6, 6.07) is 6.24. The Morgan fingerprint density at radius 3 is 2.81 bits per heavy atom. The van der Waals surface area contributed by atoms with Crippen LogP contribution in [0.1, 0.15) is 49.3 Å². The highest BCUT2D eigenvalue weighted by atomic mass is 19.1. The van der Waals surface area contributed by atoms with E-state index in [1.807, 2.05) is 13.0 Å². The maximum absolute atomic E-state index is 14.9. The molecule has 0 saturated heterocycles. The normalized spacial score (nSPS) is 16.3. The second kappa shape index (κ2) is 9.27. The number of amides is 1. The number of ether oxygens (including phenoxy) is 2. The van der Waals surface area contributed by atoms with Crippen LogP contribution in [-0.2, 0) is 32.2 Å². The van der Waals surface area contributed by atoms with E-state index >= 15 is 0 Å². The number of aldehydes is 1. The molecule has 2 atom stereocenters. The summed E-state index contributed by atoms with van der Waals surface area (Å²) in [6.45, 7) is 7.33. The molecule has 2 aliphatic heterocycles. The third-order valence-corrected chi connectivity index (χ3v) is 6.84. The molecule has 0 fully saturated rings. The Hall–Kier alpha value is -4.34. The molecule has 9 nitrogen and oxygen atoms in total. The topological polar surface area (TPSA) is 117 Å². The molecule has 3 aromatic rings. The number of halogens is 1. The largest absolute Gasteiger partial charge is 0.460 e. The van der Waals surface area contributed by atoms with Crippen LogP contribution in [0.25, 0.3) is 22.3 Å². The van der Waals surface area contributed by atoms with Crippen LogP contribution in [-0.4, -0.2) is 34.0 Å². The van der Waals surface area contributed by atoms with Gasteiger partial charge in [-0.05, 0) is 36.6 Å². The number of nitrogens with zero attached hydrogens (tertiary/aromatic N) is 2. The fourth-order valence-corrected chi connectivity index (χ4v) is 4.89. The zero-order chi connectivity index (χ0) is 26.4. The molecule has 2 unspecified atom stereocenters. The van der Waals surface area contributed by atoms with E-state index in [4.69, 9.17) is 9.47 Å². The molecule has 2 aromatic heterocycles. The van der Waals surface area contributed by atoms with Gasteiger partial charge >= 0.3 is 12.1 Å². The van der Waals surface area contributed by atoms with Gasteiger partial charge in [0.2, 0.25) is 0 Å². The Balaban J connectivity index is 1.50. The first-order valence-electron chi connectivity index (χ1n) is 11.9. The summed E-state index contributed by atoms with van der Waals surface area (Å²) < 4.78 is 26.9. The van der Waals surface area contributed by atoms with Crippen LogP contribution in [0.15, 0.2) is 41.2 Å². The Labute approximate surface area is 210 Å². The van der Waals surface area contributed by atoms with Crippen LogP contribution >= 0.6 is 0 Å². The Morgan fingerprint density at radius 1 is 1.32 bits per heavy atom. The van der Waals surface area contributed by atoms with E-state index in [2.05, 4.69) is 16.9 Å². The molecule has 2 aliphatic rings. The molecular weight excluding hydrogens is 481 g/mol. The molecule has 5 rings (SSSR count). The maximum Gasteiger partial charge on any atom is 0.412 e. The molecule has 10 heteroatoms. The number of nitrogens with one attached hydrogen (secondary N) is 1. The Bertz CT molecular complexity index is 1560. The first kappa shape index (κ1) is 24.4. The molecule has 0 spiro atoms. The van der Waals surface area contributed by atoms with Gasteiger partial charge in [-0.2, -0.15) is 0 Å². The highest BCUT2D eigenvalue weighted by Gasteiger charge is 2.34. The summed E-state index contributed by atoms with van der Waals surface area (Å²) in [7, 11) is 0. The molecule has 0 aliphatic carbocycles. The van der Waals surface area contributed by atoms with Crippen LogP contribution in [0.4, 0.5) is 14.9 Å². The van der Waals surface area contributed by atoms with Crippen molar-refractivity contribution in [2.24, 2.45) is 0 Å². The van der Waals surface area contributed by atoms with Gasteiger partial charge in [-0.25, -0.2) is 14.2 Å².